The molecule has 0 amide bonds. The Balaban J connectivity index is 1.73. The molecular weight excluding hydrogens is 1330 g/mol. The van der Waals surface area contributed by atoms with Gasteiger partial charge in [-0.15, -0.1) is 0 Å². The van der Waals surface area contributed by atoms with E-state index < -0.39 is 156 Å². The van der Waals surface area contributed by atoms with Gasteiger partial charge in [-0.2, -0.15) is 0 Å². The third-order valence-corrected chi connectivity index (χ3v) is 20.2. The molecule has 25 heteroatoms. The van der Waals surface area contributed by atoms with Crippen molar-refractivity contribution in [3.8, 4) is 0 Å². The van der Waals surface area contributed by atoms with Crippen LogP contribution in [0.3, 0.4) is 0 Å². The third-order valence-electron chi connectivity index (χ3n) is 19.2. The first-order valence-electron chi connectivity index (χ1n) is 39.3. The van der Waals surface area contributed by atoms with E-state index in [9.17, 15) is 74.9 Å². The Morgan fingerprint density at radius 2 is 0.772 bits per heavy atom. The maximum absolute atomic E-state index is 14.4. The van der Waals surface area contributed by atoms with Crippen LogP contribution in [0.15, 0.2) is 36.5 Å². The molecule has 24 nitrogen and oxygen atoms in total. The molecule has 101 heavy (non-hydrogen) atoms. The minimum absolute atomic E-state index is 0.0234. The van der Waals surface area contributed by atoms with E-state index in [0.29, 0.717) is 12.8 Å². The number of unbranched alkanes of at least 4 members (excludes halogenated alkanes) is 37. The van der Waals surface area contributed by atoms with E-state index in [0.717, 1.165) is 96.0 Å². The Labute approximate surface area is 604 Å². The highest BCUT2D eigenvalue weighted by molar-refractivity contribution is 7.47. The molecule has 0 bridgehead atoms. The minimum atomic E-state index is -5.71. The molecular formula is C76H137O24P. The van der Waals surface area contributed by atoms with Gasteiger partial charge >= 0.3 is 25.7 Å². The van der Waals surface area contributed by atoms with Gasteiger partial charge < -0.3 is 89.1 Å². The van der Waals surface area contributed by atoms with Gasteiger partial charge in [-0.25, -0.2) is 9.36 Å². The highest BCUT2D eigenvalue weighted by atomic mass is 31.2. The molecule has 0 aromatic carbocycles. The van der Waals surface area contributed by atoms with Crippen molar-refractivity contribution in [2.75, 3.05) is 26.4 Å². The molecule has 3 fully saturated rings. The molecule has 1 saturated carbocycles. The van der Waals surface area contributed by atoms with Crippen LogP contribution in [0.4, 0.5) is 0 Å². The van der Waals surface area contributed by atoms with Crippen LogP contribution in [0.25, 0.3) is 0 Å². The highest BCUT2D eigenvalue weighted by Gasteiger charge is 2.58. The van der Waals surface area contributed by atoms with Crippen LogP contribution in [0.2, 0.25) is 0 Å². The molecule has 0 aromatic heterocycles. The molecule has 3 aliphatic rings. The molecule has 0 spiro atoms. The van der Waals surface area contributed by atoms with E-state index in [1.165, 1.54) is 167 Å². The minimum Gasteiger partial charge on any atom is -0.462 e. The Morgan fingerprint density at radius 3 is 1.21 bits per heavy atom. The summed E-state index contributed by atoms with van der Waals surface area (Å²) in [5.74, 6) is -2.24. The lowest BCUT2D eigenvalue weighted by Gasteiger charge is -2.49. The zero-order valence-corrected chi connectivity index (χ0v) is 62.6. The first kappa shape index (κ1) is 92.4. The number of aliphatic hydroxyl groups is 10. The van der Waals surface area contributed by atoms with Gasteiger partial charge in [-0.3, -0.25) is 18.6 Å². The van der Waals surface area contributed by atoms with Crippen molar-refractivity contribution in [1.29, 1.82) is 0 Å². The van der Waals surface area contributed by atoms with E-state index in [2.05, 4.69) is 32.9 Å². The zero-order valence-electron chi connectivity index (χ0n) is 61.7. The number of hydrogen-bond acceptors (Lipinski definition) is 23. The van der Waals surface area contributed by atoms with Crippen LogP contribution in [0.1, 0.15) is 297 Å². The maximum atomic E-state index is 14.4. The summed E-state index contributed by atoms with van der Waals surface area (Å²) >= 11 is 0. The fraction of sp³-hybridized carbons (Fsp3) is 0.882. The van der Waals surface area contributed by atoms with E-state index in [4.69, 9.17) is 42.2 Å². The van der Waals surface area contributed by atoms with Gasteiger partial charge in [0.05, 0.1) is 13.2 Å². The predicted molar refractivity (Wildman–Crippen MR) is 384 cm³/mol. The van der Waals surface area contributed by atoms with Crippen molar-refractivity contribution in [1.82, 2.24) is 0 Å². The molecule has 3 rings (SSSR count). The smallest absolute Gasteiger partial charge is 0.462 e. The molecule has 2 heterocycles. The molecule has 1 aliphatic carbocycles. The molecule has 0 aromatic rings. The first-order valence-corrected chi connectivity index (χ1v) is 40.8. The largest absolute Gasteiger partial charge is 0.472 e. The van der Waals surface area contributed by atoms with Gasteiger partial charge in [0.2, 0.25) is 0 Å². The van der Waals surface area contributed by atoms with Crippen molar-refractivity contribution >= 4 is 25.7 Å². The van der Waals surface area contributed by atoms with Gasteiger partial charge in [0.1, 0.15) is 98.7 Å². The fourth-order valence-corrected chi connectivity index (χ4v) is 13.8. The number of allylic oxidation sites excluding steroid dienone is 5. The summed E-state index contributed by atoms with van der Waals surface area (Å²) in [6.45, 7) is 3.36. The van der Waals surface area contributed by atoms with Gasteiger partial charge in [-0.05, 0) is 51.4 Å². The van der Waals surface area contributed by atoms with E-state index in [1.807, 2.05) is 6.08 Å². The Kier molecular flexibility index (Phi) is 52.5. The van der Waals surface area contributed by atoms with Gasteiger partial charge in [0.15, 0.2) is 18.7 Å². The van der Waals surface area contributed by atoms with Crippen molar-refractivity contribution < 1.29 is 117 Å². The number of rotatable bonds is 61. The normalized spacial score (nSPS) is 27.3. The zero-order chi connectivity index (χ0) is 73.9. The lowest BCUT2D eigenvalue weighted by molar-refractivity contribution is -0.360. The second-order valence-electron chi connectivity index (χ2n) is 28.1. The number of ether oxygens (including phenoxy) is 7. The molecule has 18 atom stereocenters. The number of esters is 3. The number of hydrogen-bond donors (Lipinski definition) is 11. The van der Waals surface area contributed by atoms with Crippen molar-refractivity contribution in [2.24, 2.45) is 0 Å². The fourth-order valence-electron chi connectivity index (χ4n) is 12.8. The quantitative estimate of drug-likeness (QED) is 0.00512. The van der Waals surface area contributed by atoms with E-state index in [1.54, 1.807) is 6.08 Å². The number of phosphoric acid groups is 1. The second-order valence-corrected chi connectivity index (χ2v) is 29.5. The summed E-state index contributed by atoms with van der Waals surface area (Å²) in [7, 11) is -5.71. The third kappa shape index (κ3) is 40.1. The number of phosphoric ester groups is 1. The predicted octanol–water partition coefficient (Wildman–Crippen LogP) is 11.5. The Hall–Kier alpha value is -2.82. The number of aliphatic hydroxyl groups excluding tert-OH is 10. The molecule has 0 radical (unpaired) electrons. The van der Waals surface area contributed by atoms with Crippen LogP contribution in [0.5, 0.6) is 0 Å². The lowest BCUT2D eigenvalue weighted by atomic mass is 9.84. The molecule has 11 N–H and O–H groups in total. The van der Waals surface area contributed by atoms with Gasteiger partial charge in [-0.1, -0.05) is 263 Å². The summed E-state index contributed by atoms with van der Waals surface area (Å²) < 4.78 is 64.9. The lowest BCUT2D eigenvalue weighted by Crippen LogP contribution is -2.69. The average Bonchev–Trinajstić information content (AvgIpc) is 0.762. The van der Waals surface area contributed by atoms with Crippen molar-refractivity contribution in [3.63, 3.8) is 0 Å². The molecule has 18 unspecified atom stereocenters. The summed E-state index contributed by atoms with van der Waals surface area (Å²) in [6, 6.07) is 0. The average molecular weight is 1470 g/mol. The molecule has 2 aliphatic heterocycles. The first-order chi connectivity index (χ1) is 48.8. The Bertz CT molecular complexity index is 2220. The number of carbonyl (C=O) groups excluding carboxylic acids is 3. The summed E-state index contributed by atoms with van der Waals surface area (Å²) in [5.41, 5.74) is 0. The SMILES string of the molecule is CCCCCCCCC/C=C\CCCCCC(=O)OCC(COP(=O)(O)OC1C(OC2OC(CO)C(O)C(O)C2O)C(O)C(O)C(O)C1OC1OC(COC(=O)/C=C/C=C/CCCCCCCCCCCCC)C(O)C(O)C1O)OC(=O)CCCCCCCCCCCCCCCCCCC. The maximum Gasteiger partial charge on any atom is 0.472 e. The van der Waals surface area contributed by atoms with Gasteiger partial charge in [0.25, 0.3) is 0 Å². The van der Waals surface area contributed by atoms with Crippen LogP contribution in [-0.2, 0) is 61.2 Å². The Morgan fingerprint density at radius 1 is 0.406 bits per heavy atom. The molecule has 590 valence electrons. The van der Waals surface area contributed by atoms with Gasteiger partial charge in [0, 0.05) is 18.9 Å². The highest BCUT2D eigenvalue weighted by Crippen LogP contribution is 2.49. The van der Waals surface area contributed by atoms with E-state index in [-0.39, 0.29) is 12.8 Å². The van der Waals surface area contributed by atoms with Crippen molar-refractivity contribution in [3.05, 3.63) is 36.5 Å². The van der Waals surface area contributed by atoms with Crippen LogP contribution >= 0.6 is 7.82 Å². The van der Waals surface area contributed by atoms with Crippen LogP contribution in [-0.4, -0.2) is 204 Å². The summed E-state index contributed by atoms with van der Waals surface area (Å²) in [5, 5.41) is 110. The molecule has 2 saturated heterocycles. The standard InChI is InChI=1S/C76H137O24P/c1-4-7-10-13-16-19-22-25-28-29-31-34-37-40-43-46-49-52-62(80)95-57(54-92-60(78)50-47-44-41-38-35-32-27-24-21-18-15-12-9-6-3)55-94-101(90,91)100-74-72(98-75-70(88)65(83)63(81)58(53-77)96-75)68(86)67(85)69(87)73(74)99-76-71(89)66(84)64(82)59(97-76)56-93-61(79)51-48-45-42-39-36-33-30-26-23-20-17-14-11-8-5-2/h32,35,42,45,48,51,57-59,63-77,81-89H,4-31,33-34,36-41,43-44,46-47,49-50,52-56H2,1-3H3,(H,90,91)/b35-32-,45-42+,51-48+. The number of carbonyl (C=O) groups is 3. The van der Waals surface area contributed by atoms with E-state index >= 15 is 0 Å². The van der Waals surface area contributed by atoms with Crippen LogP contribution < -0.4 is 0 Å². The van der Waals surface area contributed by atoms with Crippen molar-refractivity contribution in [2.45, 2.75) is 401 Å². The van der Waals surface area contributed by atoms with Crippen LogP contribution in [0, 0.1) is 0 Å². The second kappa shape index (κ2) is 57.4. The topological polar surface area (TPSA) is 374 Å². The summed E-state index contributed by atoms with van der Waals surface area (Å²) in [4.78, 5) is 51.0. The monoisotopic (exact) mass is 1460 g/mol. The summed E-state index contributed by atoms with van der Waals surface area (Å²) in [6.07, 6.45) is 21.1.